The molecule has 1 N–H and O–H groups in total. The van der Waals surface area contributed by atoms with E-state index in [1.807, 2.05) is 6.07 Å². The molecule has 0 radical (unpaired) electrons. The molecule has 0 saturated heterocycles. The minimum atomic E-state index is -0.0826. The zero-order chi connectivity index (χ0) is 12.5. The van der Waals surface area contributed by atoms with Gasteiger partial charge in [-0.2, -0.15) is 0 Å². The Morgan fingerprint density at radius 1 is 1.47 bits per heavy atom. The monoisotopic (exact) mass is 256 g/mol. The zero-order valence-corrected chi connectivity index (χ0v) is 10.7. The van der Waals surface area contributed by atoms with Crippen molar-refractivity contribution in [3.8, 4) is 0 Å². The minimum Gasteiger partial charge on any atom is -0.733 e. The Morgan fingerprint density at radius 3 is 2.88 bits per heavy atom. The fraction of sp³-hybridized carbons (Fsp3) is 0.500. The van der Waals surface area contributed by atoms with Crippen LogP contribution in [0, 0.1) is 5.21 Å². The number of halogens is 1. The van der Waals surface area contributed by atoms with Crippen molar-refractivity contribution >= 4 is 17.3 Å². The molecule has 1 heterocycles. The van der Waals surface area contributed by atoms with E-state index in [9.17, 15) is 5.21 Å². The summed E-state index contributed by atoms with van der Waals surface area (Å²) in [5, 5.41) is 19.7. The lowest BCUT2D eigenvalue weighted by Gasteiger charge is -2.38. The maximum absolute atomic E-state index is 10.9. The number of benzene rings is 1. The van der Waals surface area contributed by atoms with Crippen LogP contribution in [-0.2, 0) is 13.0 Å². The lowest BCUT2D eigenvalue weighted by atomic mass is 9.97. The van der Waals surface area contributed by atoms with Gasteiger partial charge < -0.3 is 14.9 Å². The molecule has 1 unspecified atom stereocenters. The second-order valence-electron chi connectivity index (χ2n) is 4.89. The molecule has 0 aromatic heterocycles. The van der Waals surface area contributed by atoms with Crippen LogP contribution in [0.1, 0.15) is 11.1 Å². The lowest BCUT2D eigenvalue weighted by Crippen LogP contribution is -2.48. The fourth-order valence-corrected chi connectivity index (χ4v) is 2.81. The van der Waals surface area contributed by atoms with Crippen molar-refractivity contribution in [1.82, 2.24) is 0 Å². The molecule has 1 atom stereocenters. The highest BCUT2D eigenvalue weighted by Gasteiger charge is 2.27. The van der Waals surface area contributed by atoms with Gasteiger partial charge in [-0.3, -0.25) is 5.21 Å². The van der Waals surface area contributed by atoms with E-state index in [0.29, 0.717) is 11.6 Å². The lowest BCUT2D eigenvalue weighted by molar-refractivity contribution is -0.922. The van der Waals surface area contributed by atoms with Crippen molar-refractivity contribution in [3.05, 3.63) is 34.5 Å². The smallest absolute Gasteiger partial charge is 0.105 e. The summed E-state index contributed by atoms with van der Waals surface area (Å²) in [4.78, 5) is 0. The van der Waals surface area contributed by atoms with Gasteiger partial charge in [-0.05, 0) is 17.7 Å². The Morgan fingerprint density at radius 2 is 2.24 bits per heavy atom. The number of nitrogens with zero attached hydrogens (tertiary/aromatic N) is 2. The number of alkyl halides is 1. The molecule has 94 valence electrons. The van der Waals surface area contributed by atoms with Gasteiger partial charge in [0.05, 0.1) is 31.7 Å². The first-order valence-corrected chi connectivity index (χ1v) is 6.25. The van der Waals surface area contributed by atoms with E-state index in [1.165, 1.54) is 5.56 Å². The van der Waals surface area contributed by atoms with Crippen molar-refractivity contribution in [2.75, 3.05) is 31.2 Å². The molecule has 1 aromatic carbocycles. The molecule has 0 aliphatic carbocycles. The van der Waals surface area contributed by atoms with Crippen LogP contribution in [0.25, 0.3) is 0 Å². The summed E-state index contributed by atoms with van der Waals surface area (Å²) in [6.07, 6.45) is 0.993. The highest BCUT2D eigenvalue weighted by molar-refractivity contribution is 6.17. The summed E-state index contributed by atoms with van der Waals surface area (Å²) in [5.41, 5.74) is 2.69. The zero-order valence-electron chi connectivity index (χ0n) is 9.90. The van der Waals surface area contributed by atoms with Gasteiger partial charge in [-0.25, -0.2) is 0 Å². The average molecular weight is 257 g/mol. The predicted octanol–water partition coefficient (Wildman–Crippen LogP) is 2.12. The second kappa shape index (κ2) is 4.82. The van der Waals surface area contributed by atoms with Gasteiger partial charge in [0.15, 0.2) is 0 Å². The SMILES string of the molecule is C[N+]1(CCCl)CCc2ccc(N([O-])O)cc2C1. The predicted molar refractivity (Wildman–Crippen MR) is 68.1 cm³/mol. The van der Waals surface area contributed by atoms with E-state index in [4.69, 9.17) is 16.8 Å². The second-order valence-corrected chi connectivity index (χ2v) is 5.27. The summed E-state index contributed by atoms with van der Waals surface area (Å²) >= 11 is 5.82. The maximum Gasteiger partial charge on any atom is 0.105 e. The van der Waals surface area contributed by atoms with Crippen LogP contribution < -0.4 is 5.23 Å². The van der Waals surface area contributed by atoms with Gasteiger partial charge in [0, 0.05) is 12.0 Å². The Bertz CT molecular complexity index is 411. The summed E-state index contributed by atoms with van der Waals surface area (Å²) in [7, 11) is 2.17. The van der Waals surface area contributed by atoms with Gasteiger partial charge in [0.25, 0.3) is 0 Å². The Balaban J connectivity index is 2.26. The Kier molecular flexibility index (Phi) is 3.58. The number of hydrogen-bond donors (Lipinski definition) is 1. The van der Waals surface area contributed by atoms with Crippen molar-refractivity contribution < 1.29 is 9.69 Å². The van der Waals surface area contributed by atoms with E-state index in [2.05, 4.69) is 7.05 Å². The highest BCUT2D eigenvalue weighted by atomic mass is 35.5. The molecule has 0 amide bonds. The molecule has 0 saturated carbocycles. The van der Waals surface area contributed by atoms with Crippen LogP contribution in [0.2, 0.25) is 0 Å². The Labute approximate surface area is 106 Å². The molecule has 2 rings (SSSR count). The van der Waals surface area contributed by atoms with E-state index in [-0.39, 0.29) is 5.23 Å². The van der Waals surface area contributed by atoms with Crippen LogP contribution in [0.5, 0.6) is 0 Å². The molecular weight excluding hydrogens is 240 g/mol. The first kappa shape index (κ1) is 12.6. The Hall–Kier alpha value is -0.810. The third-order valence-electron chi connectivity index (χ3n) is 3.51. The number of hydrogen-bond acceptors (Lipinski definition) is 3. The van der Waals surface area contributed by atoms with Crippen LogP contribution in [0.3, 0.4) is 0 Å². The van der Waals surface area contributed by atoms with Gasteiger partial charge in [-0.1, -0.05) is 6.07 Å². The first-order valence-electron chi connectivity index (χ1n) is 5.71. The molecule has 0 fully saturated rings. The third-order valence-corrected chi connectivity index (χ3v) is 3.68. The normalized spacial score (nSPS) is 23.3. The molecule has 17 heavy (non-hydrogen) atoms. The van der Waals surface area contributed by atoms with E-state index in [1.54, 1.807) is 12.1 Å². The van der Waals surface area contributed by atoms with Gasteiger partial charge in [0.2, 0.25) is 0 Å². The molecule has 0 bridgehead atoms. The van der Waals surface area contributed by atoms with Crippen molar-refractivity contribution in [2.24, 2.45) is 0 Å². The van der Waals surface area contributed by atoms with Crippen LogP contribution in [0.15, 0.2) is 18.2 Å². The summed E-state index contributed by atoms with van der Waals surface area (Å²) in [6.45, 7) is 2.86. The summed E-state index contributed by atoms with van der Waals surface area (Å²) in [5.74, 6) is 0.638. The number of quaternary nitrogens is 1. The van der Waals surface area contributed by atoms with Crippen LogP contribution in [-0.4, -0.2) is 35.7 Å². The molecule has 5 heteroatoms. The van der Waals surface area contributed by atoms with Gasteiger partial charge >= 0.3 is 0 Å². The topological polar surface area (TPSA) is 46.5 Å². The number of anilines is 1. The quantitative estimate of drug-likeness (QED) is 0.512. The van der Waals surface area contributed by atoms with E-state index in [0.717, 1.165) is 36.1 Å². The first-order chi connectivity index (χ1) is 8.04. The fourth-order valence-electron chi connectivity index (χ4n) is 2.40. The maximum atomic E-state index is 10.9. The molecule has 4 nitrogen and oxygen atoms in total. The summed E-state index contributed by atoms with van der Waals surface area (Å²) < 4.78 is 0.893. The van der Waals surface area contributed by atoms with E-state index < -0.39 is 0 Å². The van der Waals surface area contributed by atoms with Crippen molar-refractivity contribution in [1.29, 1.82) is 0 Å². The molecule has 1 aliphatic rings. The highest BCUT2D eigenvalue weighted by Crippen LogP contribution is 2.27. The molecule has 1 aromatic rings. The van der Waals surface area contributed by atoms with Crippen molar-refractivity contribution in [2.45, 2.75) is 13.0 Å². The number of rotatable bonds is 3. The van der Waals surface area contributed by atoms with Gasteiger partial charge in [-0.15, -0.1) is 11.6 Å². The van der Waals surface area contributed by atoms with Crippen molar-refractivity contribution in [3.63, 3.8) is 0 Å². The average Bonchev–Trinajstić information content (AvgIpc) is 2.27. The number of fused-ring (bicyclic) bond motifs is 1. The minimum absolute atomic E-state index is 0.0826. The molecular formula is C12H17ClN2O2. The van der Waals surface area contributed by atoms with Crippen LogP contribution >= 0.6 is 11.6 Å². The molecule has 0 spiro atoms. The van der Waals surface area contributed by atoms with E-state index >= 15 is 0 Å². The molecule has 1 aliphatic heterocycles. The summed E-state index contributed by atoms with van der Waals surface area (Å²) in [6, 6.07) is 5.35. The third kappa shape index (κ3) is 2.72. The van der Waals surface area contributed by atoms with Gasteiger partial charge in [0.1, 0.15) is 6.54 Å². The van der Waals surface area contributed by atoms with Crippen LogP contribution in [0.4, 0.5) is 5.69 Å². The standard InChI is InChI=1S/C12H17ClN2O2/c1-15(7-5-13)6-4-10-2-3-12(14(16)17)8-11(10)9-15/h2-3,8,16H,4-7,9H2,1H3. The largest absolute Gasteiger partial charge is 0.733 e. The number of likely N-dealkylation sites (N-methyl/N-ethyl adjacent to an activating group) is 1.